The first-order chi connectivity index (χ1) is 35.2. The minimum atomic E-state index is -0.607. The van der Waals surface area contributed by atoms with Crippen molar-refractivity contribution in [3.63, 3.8) is 0 Å². The van der Waals surface area contributed by atoms with Gasteiger partial charge in [0.2, 0.25) is 0 Å². The Labute approximate surface area is 442 Å². The van der Waals surface area contributed by atoms with E-state index in [0.717, 1.165) is 6.42 Å². The van der Waals surface area contributed by atoms with Crippen molar-refractivity contribution in [3.8, 4) is 0 Å². The van der Waals surface area contributed by atoms with Crippen LogP contribution < -0.4 is 31.1 Å². The summed E-state index contributed by atoms with van der Waals surface area (Å²) in [6.07, 6.45) is 4.77. The Kier molecular flexibility index (Phi) is 10.1. The van der Waals surface area contributed by atoms with Crippen LogP contribution in [0.4, 0.5) is 45.5 Å². The van der Waals surface area contributed by atoms with E-state index in [1.165, 1.54) is 131 Å². The molecule has 0 amide bonds. The van der Waals surface area contributed by atoms with Crippen LogP contribution in [-0.2, 0) is 27.1 Å². The van der Waals surface area contributed by atoms with Crippen molar-refractivity contribution in [1.29, 1.82) is 0 Å². The fourth-order valence-electron chi connectivity index (χ4n) is 14.7. The molecule has 5 aliphatic rings. The van der Waals surface area contributed by atoms with E-state index in [2.05, 4.69) is 268 Å². The molecule has 74 heavy (non-hydrogen) atoms. The summed E-state index contributed by atoms with van der Waals surface area (Å²) >= 11 is 0. The van der Waals surface area contributed by atoms with Crippen LogP contribution in [0.5, 0.6) is 0 Å². The second kappa shape index (κ2) is 15.9. The number of benzene rings is 8. The molecule has 1 fully saturated rings. The smallest absolute Gasteiger partial charge is 0.253 e. The first-order valence-electron chi connectivity index (χ1n) is 27.6. The van der Waals surface area contributed by atoms with Gasteiger partial charge in [-0.25, -0.2) is 0 Å². The lowest BCUT2D eigenvalue weighted by Gasteiger charge is -2.53. The Morgan fingerprint density at radius 2 is 0.905 bits per heavy atom. The molecule has 4 heteroatoms. The van der Waals surface area contributed by atoms with Crippen molar-refractivity contribution in [3.05, 3.63) is 220 Å². The van der Waals surface area contributed by atoms with Gasteiger partial charge < -0.3 is 14.7 Å². The average molecular weight is 966 g/mol. The largest absolute Gasteiger partial charge is 0.334 e. The first-order valence-corrected chi connectivity index (χ1v) is 27.6. The summed E-state index contributed by atoms with van der Waals surface area (Å²) < 4.78 is 0. The van der Waals surface area contributed by atoms with Gasteiger partial charge in [-0.3, -0.25) is 0 Å². The molecule has 13 rings (SSSR count). The third kappa shape index (κ3) is 6.45. The standard InChI is InChI=1S/C70H72BN3/c1-45-40-56-63-59(41-45)73(52-35-30-47(31-36-52)66(5,6)7)61-44-53(74-57-37-32-50(67(8,9)10)42-55(57)68(11)38-19-20-39-69(68,74)12)43-60-64(61)71(63)62-54(70(56,48-22-15-13-16-23-48)49-24-17-14-18-25-49)26-21-27-58(62)72(60)51-33-28-46(29-34-51)65(2,3)4/h13-18,21-37,40-44H,19-20,38-39H2,1-12H3. The molecule has 0 radical (unpaired) electrons. The van der Waals surface area contributed by atoms with Gasteiger partial charge in [0, 0.05) is 50.9 Å². The SMILES string of the molecule is Cc1cc2c3c(c1)C(c1ccccc1)(c1ccccc1)c1cccc4c1B3c1c(cc(N3c5ccc(C(C)(C)C)cc5C5(C)CCCCC35C)cc1N2c1ccc(C(C)(C)C)cc1)N4c1ccc(C(C)(C)C)cc1. The van der Waals surface area contributed by atoms with Gasteiger partial charge >= 0.3 is 0 Å². The Bertz CT molecular complexity index is 3510. The Balaban J connectivity index is 1.19. The van der Waals surface area contributed by atoms with Gasteiger partial charge in [0.15, 0.2) is 0 Å². The predicted octanol–water partition coefficient (Wildman–Crippen LogP) is 16.4. The highest BCUT2D eigenvalue weighted by atomic mass is 15.3. The number of anilines is 8. The highest BCUT2D eigenvalue weighted by Crippen LogP contribution is 2.63. The van der Waals surface area contributed by atoms with E-state index in [0.29, 0.717) is 0 Å². The summed E-state index contributed by atoms with van der Waals surface area (Å²) in [7, 11) is 0. The van der Waals surface area contributed by atoms with Crippen molar-refractivity contribution >= 4 is 68.6 Å². The molecule has 2 atom stereocenters. The Morgan fingerprint density at radius 3 is 1.46 bits per heavy atom. The van der Waals surface area contributed by atoms with E-state index in [9.17, 15) is 0 Å². The second-order valence-corrected chi connectivity index (χ2v) is 26.2. The van der Waals surface area contributed by atoms with E-state index in [-0.39, 0.29) is 33.9 Å². The highest BCUT2D eigenvalue weighted by Gasteiger charge is 2.59. The summed E-state index contributed by atoms with van der Waals surface area (Å²) in [6.45, 7) is 28.6. The van der Waals surface area contributed by atoms with E-state index in [4.69, 9.17) is 0 Å². The van der Waals surface area contributed by atoms with Gasteiger partial charge in [0.05, 0.1) is 11.0 Å². The molecule has 0 spiro atoms. The molecule has 8 aromatic carbocycles. The molecule has 4 heterocycles. The Hall–Kier alpha value is -6.78. The molecule has 3 nitrogen and oxygen atoms in total. The van der Waals surface area contributed by atoms with E-state index in [1.54, 1.807) is 0 Å². The summed E-state index contributed by atoms with van der Waals surface area (Å²) in [5, 5.41) is 0. The number of hydrogen-bond donors (Lipinski definition) is 0. The number of fused-ring (bicyclic) bond motifs is 3. The van der Waals surface area contributed by atoms with Gasteiger partial charge in [-0.2, -0.15) is 0 Å². The van der Waals surface area contributed by atoms with Gasteiger partial charge in [0.25, 0.3) is 6.71 Å². The molecule has 0 saturated heterocycles. The van der Waals surface area contributed by atoms with E-state index >= 15 is 0 Å². The molecule has 8 aromatic rings. The van der Waals surface area contributed by atoms with Crippen molar-refractivity contribution < 1.29 is 0 Å². The van der Waals surface area contributed by atoms with Gasteiger partial charge in [-0.15, -0.1) is 0 Å². The van der Waals surface area contributed by atoms with Crippen LogP contribution in [0, 0.1) is 6.92 Å². The molecule has 2 unspecified atom stereocenters. The monoisotopic (exact) mass is 966 g/mol. The van der Waals surface area contributed by atoms with Crippen molar-refractivity contribution in [2.75, 3.05) is 14.7 Å². The number of aryl methyl sites for hydroxylation is 1. The molecule has 0 bridgehead atoms. The minimum absolute atomic E-state index is 0.0132. The third-order valence-corrected chi connectivity index (χ3v) is 18.8. The molecule has 1 saturated carbocycles. The molecule has 370 valence electrons. The van der Waals surface area contributed by atoms with Gasteiger partial charge in [-0.1, -0.05) is 197 Å². The van der Waals surface area contributed by atoms with E-state index in [1.807, 2.05) is 0 Å². The summed E-state index contributed by atoms with van der Waals surface area (Å²) in [5.74, 6) is 0. The fraction of sp³-hybridized carbons (Fsp3) is 0.314. The number of nitrogens with zero attached hydrogens (tertiary/aromatic N) is 3. The third-order valence-electron chi connectivity index (χ3n) is 18.8. The molecule has 0 aromatic heterocycles. The van der Waals surface area contributed by atoms with Crippen LogP contribution in [0.1, 0.15) is 152 Å². The molecular formula is C70H72BN3. The summed E-state index contributed by atoms with van der Waals surface area (Å²) in [4.78, 5) is 8.17. The predicted molar refractivity (Wildman–Crippen MR) is 316 cm³/mol. The topological polar surface area (TPSA) is 9.72 Å². The van der Waals surface area contributed by atoms with Crippen LogP contribution in [0.3, 0.4) is 0 Å². The van der Waals surface area contributed by atoms with Crippen molar-refractivity contribution in [2.45, 2.75) is 141 Å². The molecule has 1 aliphatic carbocycles. The van der Waals surface area contributed by atoms with Crippen LogP contribution >= 0.6 is 0 Å². The summed E-state index contributed by atoms with van der Waals surface area (Å²) in [6, 6.07) is 67.0. The van der Waals surface area contributed by atoms with E-state index < -0.39 is 5.41 Å². The quantitative estimate of drug-likeness (QED) is 0.159. The maximum Gasteiger partial charge on any atom is 0.253 e. The maximum atomic E-state index is 2.83. The maximum absolute atomic E-state index is 2.83. The number of hydrogen-bond acceptors (Lipinski definition) is 3. The summed E-state index contributed by atoms with van der Waals surface area (Å²) in [5.41, 5.74) is 25.7. The zero-order chi connectivity index (χ0) is 51.5. The second-order valence-electron chi connectivity index (χ2n) is 26.2. The normalized spacial score (nSPS) is 20.1. The number of rotatable bonds is 5. The van der Waals surface area contributed by atoms with Crippen LogP contribution in [0.15, 0.2) is 170 Å². The zero-order valence-electron chi connectivity index (χ0n) is 45.9. The first kappa shape index (κ1) is 47.0. The van der Waals surface area contributed by atoms with Crippen LogP contribution in [0.2, 0.25) is 0 Å². The molecule has 4 aliphatic heterocycles. The van der Waals surface area contributed by atoms with Crippen LogP contribution in [-0.4, -0.2) is 12.3 Å². The van der Waals surface area contributed by atoms with Crippen molar-refractivity contribution in [1.82, 2.24) is 0 Å². The lowest BCUT2D eigenvalue weighted by molar-refractivity contribution is 0.195. The van der Waals surface area contributed by atoms with Gasteiger partial charge in [0.1, 0.15) is 0 Å². The molecular weight excluding hydrogens is 894 g/mol. The zero-order valence-corrected chi connectivity index (χ0v) is 45.9. The van der Waals surface area contributed by atoms with Gasteiger partial charge in [-0.05, 0) is 164 Å². The van der Waals surface area contributed by atoms with Crippen molar-refractivity contribution in [2.24, 2.45) is 0 Å². The fourth-order valence-corrected chi connectivity index (χ4v) is 14.7. The Morgan fingerprint density at radius 1 is 0.405 bits per heavy atom. The lowest BCUT2D eigenvalue weighted by atomic mass is 9.28. The minimum Gasteiger partial charge on any atom is -0.334 e. The highest BCUT2D eigenvalue weighted by molar-refractivity contribution is 7.01. The van der Waals surface area contributed by atoms with Crippen LogP contribution in [0.25, 0.3) is 0 Å². The average Bonchev–Trinajstić information content (AvgIpc) is 3.60. The molecule has 0 N–H and O–H groups in total. The lowest BCUT2D eigenvalue weighted by Crippen LogP contribution is -2.68.